The van der Waals surface area contributed by atoms with Gasteiger partial charge in [-0.05, 0) is 6.07 Å². The van der Waals surface area contributed by atoms with Crippen LogP contribution in [0.1, 0.15) is 12.1 Å². The molecule has 10 nitrogen and oxygen atoms in total. The van der Waals surface area contributed by atoms with Crippen LogP contribution in [0.25, 0.3) is 11.0 Å². The topological polar surface area (TPSA) is 111 Å². The number of nitrogens with zero attached hydrogens (tertiary/aromatic N) is 4. The van der Waals surface area contributed by atoms with Crippen molar-refractivity contribution in [2.24, 2.45) is 0 Å². The third kappa shape index (κ3) is 4.62. The van der Waals surface area contributed by atoms with Crippen molar-refractivity contribution in [3.05, 3.63) is 64.2 Å². The lowest BCUT2D eigenvalue weighted by molar-refractivity contribution is 0.170. The van der Waals surface area contributed by atoms with Gasteiger partial charge in [-0.3, -0.25) is 19.7 Å². The van der Waals surface area contributed by atoms with Gasteiger partial charge in [0.2, 0.25) is 0 Å². The summed E-state index contributed by atoms with van der Waals surface area (Å²) in [5, 5.41) is 13.9. The first-order valence-electron chi connectivity index (χ1n) is 11.3. The van der Waals surface area contributed by atoms with Crippen molar-refractivity contribution in [2.45, 2.75) is 19.5 Å². The Morgan fingerprint density at radius 2 is 1.97 bits per heavy atom. The Bertz CT molecular complexity index is 1290. The summed E-state index contributed by atoms with van der Waals surface area (Å²) in [4.78, 5) is 23.4. The average molecular weight is 466 g/mol. The van der Waals surface area contributed by atoms with Gasteiger partial charge in [-0.25, -0.2) is 0 Å². The molecule has 0 bridgehead atoms. The number of rotatable bonds is 7. The van der Waals surface area contributed by atoms with Crippen LogP contribution in [0, 0.1) is 0 Å². The van der Waals surface area contributed by atoms with Crippen LogP contribution < -0.4 is 25.1 Å². The number of pyridine rings is 3. The van der Waals surface area contributed by atoms with E-state index < -0.39 is 0 Å². The molecule has 0 fully saturated rings. The third-order valence-corrected chi connectivity index (χ3v) is 6.06. The lowest BCUT2D eigenvalue weighted by Crippen LogP contribution is -2.38. The molecule has 0 radical (unpaired) electrons. The van der Waals surface area contributed by atoms with Crippen LogP contribution in [0.3, 0.4) is 0 Å². The molecule has 178 valence electrons. The third-order valence-electron chi connectivity index (χ3n) is 6.06. The van der Waals surface area contributed by atoms with Gasteiger partial charge in [0.05, 0.1) is 55.0 Å². The number of aliphatic hydroxyl groups excluding tert-OH is 1. The molecule has 0 spiro atoms. The monoisotopic (exact) mass is 465 g/mol. The van der Waals surface area contributed by atoms with E-state index in [1.807, 2.05) is 12.1 Å². The van der Waals surface area contributed by atoms with Crippen LogP contribution in [0.2, 0.25) is 0 Å². The summed E-state index contributed by atoms with van der Waals surface area (Å²) in [7, 11) is 1.58. The highest BCUT2D eigenvalue weighted by atomic mass is 16.6. The minimum Gasteiger partial charge on any atom is -0.509 e. The van der Waals surface area contributed by atoms with Crippen molar-refractivity contribution in [3.8, 4) is 17.2 Å². The predicted molar refractivity (Wildman–Crippen MR) is 125 cm³/mol. The molecule has 2 aliphatic heterocycles. The fourth-order valence-electron chi connectivity index (χ4n) is 4.20. The molecular formula is C24H27N5O5. The quantitative estimate of drug-likeness (QED) is 0.540. The molecule has 2 aliphatic rings. The highest BCUT2D eigenvalue weighted by Gasteiger charge is 2.19. The largest absolute Gasteiger partial charge is 0.509 e. The van der Waals surface area contributed by atoms with Crippen molar-refractivity contribution in [3.63, 3.8) is 0 Å². The predicted octanol–water partition coefficient (Wildman–Crippen LogP) is 1.84. The van der Waals surface area contributed by atoms with Crippen molar-refractivity contribution >= 4 is 11.0 Å². The van der Waals surface area contributed by atoms with Crippen LogP contribution in [0.5, 0.6) is 17.2 Å². The Hall–Kier alpha value is -3.79. The normalized spacial score (nSPS) is 16.0. The van der Waals surface area contributed by atoms with Crippen LogP contribution in [0.15, 0.2) is 52.9 Å². The Labute approximate surface area is 196 Å². The SMILES string of the molecule is COc1cnc2ccc(=O)n(CCN3CCC(NCc4cc5c(cn4)OCCO5)=C(O)C3)c2c1. The van der Waals surface area contributed by atoms with Crippen molar-refractivity contribution in [1.29, 1.82) is 0 Å². The molecule has 5 heterocycles. The van der Waals surface area contributed by atoms with E-state index in [1.165, 1.54) is 6.07 Å². The maximum Gasteiger partial charge on any atom is 0.251 e. The van der Waals surface area contributed by atoms with Crippen LogP contribution in [-0.2, 0) is 13.1 Å². The number of hydrogen-bond acceptors (Lipinski definition) is 9. The smallest absolute Gasteiger partial charge is 0.251 e. The summed E-state index contributed by atoms with van der Waals surface area (Å²) in [6, 6.07) is 6.94. The van der Waals surface area contributed by atoms with E-state index in [2.05, 4.69) is 20.2 Å². The van der Waals surface area contributed by atoms with Gasteiger partial charge in [-0.2, -0.15) is 0 Å². The molecule has 0 saturated carbocycles. The zero-order chi connectivity index (χ0) is 23.5. The molecule has 0 saturated heterocycles. The van der Waals surface area contributed by atoms with Gasteiger partial charge in [0.25, 0.3) is 5.56 Å². The van der Waals surface area contributed by atoms with E-state index in [0.29, 0.717) is 68.8 Å². The molecule has 2 N–H and O–H groups in total. The van der Waals surface area contributed by atoms with Crippen molar-refractivity contribution < 1.29 is 19.3 Å². The van der Waals surface area contributed by atoms with E-state index in [1.54, 1.807) is 30.1 Å². The second-order valence-electron chi connectivity index (χ2n) is 8.23. The lowest BCUT2D eigenvalue weighted by Gasteiger charge is -2.29. The van der Waals surface area contributed by atoms with E-state index in [-0.39, 0.29) is 5.56 Å². The maximum absolute atomic E-state index is 12.5. The summed E-state index contributed by atoms with van der Waals surface area (Å²) in [5.41, 5.74) is 3.00. The molecule has 34 heavy (non-hydrogen) atoms. The van der Waals surface area contributed by atoms with Crippen LogP contribution in [0.4, 0.5) is 0 Å². The minimum atomic E-state index is -0.0892. The second-order valence-corrected chi connectivity index (χ2v) is 8.23. The molecule has 10 heteroatoms. The average Bonchev–Trinajstić information content (AvgIpc) is 2.87. The van der Waals surface area contributed by atoms with Gasteiger partial charge in [0, 0.05) is 44.3 Å². The Kier molecular flexibility index (Phi) is 6.22. The number of nitrogens with one attached hydrogen (secondary N) is 1. The molecule has 3 aromatic rings. The molecule has 3 aromatic heterocycles. The van der Waals surface area contributed by atoms with E-state index in [0.717, 1.165) is 29.0 Å². The highest BCUT2D eigenvalue weighted by Crippen LogP contribution is 2.29. The van der Waals surface area contributed by atoms with Gasteiger partial charge in [-0.1, -0.05) is 0 Å². The molecule has 0 aliphatic carbocycles. The maximum atomic E-state index is 12.5. The Morgan fingerprint density at radius 3 is 2.79 bits per heavy atom. The van der Waals surface area contributed by atoms with Crippen LogP contribution in [-0.4, -0.2) is 64.5 Å². The first-order chi connectivity index (χ1) is 16.6. The number of ether oxygens (including phenoxy) is 3. The number of fused-ring (bicyclic) bond motifs is 2. The van der Waals surface area contributed by atoms with Gasteiger partial charge in [-0.15, -0.1) is 0 Å². The zero-order valence-electron chi connectivity index (χ0n) is 19.0. The number of aliphatic hydroxyl groups is 1. The number of methoxy groups -OCH3 is 1. The van der Waals surface area contributed by atoms with Crippen molar-refractivity contribution in [2.75, 3.05) is 40.0 Å². The Morgan fingerprint density at radius 1 is 1.12 bits per heavy atom. The summed E-state index contributed by atoms with van der Waals surface area (Å²) < 4.78 is 18.1. The fraction of sp³-hybridized carbons (Fsp3) is 0.375. The second kappa shape index (κ2) is 9.60. The van der Waals surface area contributed by atoms with Crippen molar-refractivity contribution in [1.82, 2.24) is 24.8 Å². The standard InChI is InChI=1S/C24H27N5O5/c1-32-17-11-20-18(27-13-17)2-3-24(31)29(20)7-6-28-5-4-19(21(30)15-28)26-12-16-10-22-23(14-25-16)34-9-8-33-22/h2-3,10-11,13-14,26,30H,4-9,12,15H2,1H3. The van der Waals surface area contributed by atoms with Gasteiger partial charge in [0.1, 0.15) is 24.7 Å². The van der Waals surface area contributed by atoms with E-state index in [9.17, 15) is 9.90 Å². The molecule has 0 atom stereocenters. The summed E-state index contributed by atoms with van der Waals surface area (Å²) in [5.74, 6) is 2.26. The van der Waals surface area contributed by atoms with E-state index >= 15 is 0 Å². The van der Waals surface area contributed by atoms with Gasteiger partial charge >= 0.3 is 0 Å². The summed E-state index contributed by atoms with van der Waals surface area (Å²) >= 11 is 0. The molecule has 5 rings (SSSR count). The highest BCUT2D eigenvalue weighted by molar-refractivity contribution is 5.75. The Balaban J connectivity index is 1.21. The molecule has 0 unspecified atom stereocenters. The van der Waals surface area contributed by atoms with E-state index in [4.69, 9.17) is 14.2 Å². The van der Waals surface area contributed by atoms with Crippen LogP contribution >= 0.6 is 0 Å². The lowest BCUT2D eigenvalue weighted by atomic mass is 10.1. The van der Waals surface area contributed by atoms with Gasteiger partial charge < -0.3 is 29.2 Å². The molecule has 0 amide bonds. The summed E-state index contributed by atoms with van der Waals surface area (Å²) in [6.45, 7) is 3.83. The molecular weight excluding hydrogens is 438 g/mol. The number of hydrogen-bond donors (Lipinski definition) is 2. The number of aromatic nitrogens is 3. The zero-order valence-corrected chi connectivity index (χ0v) is 19.0. The first kappa shape index (κ1) is 22.0. The molecule has 0 aromatic carbocycles. The fourth-order valence-corrected chi connectivity index (χ4v) is 4.20. The minimum absolute atomic E-state index is 0.0892. The van der Waals surface area contributed by atoms with Gasteiger partial charge in [0.15, 0.2) is 11.5 Å². The first-order valence-corrected chi connectivity index (χ1v) is 11.3. The summed E-state index contributed by atoms with van der Waals surface area (Å²) in [6.07, 6.45) is 3.98.